The Labute approximate surface area is 542 Å². The lowest BCUT2D eigenvalue weighted by atomic mass is 10.00. The van der Waals surface area contributed by atoms with E-state index in [9.17, 15) is 43.2 Å². The molecule has 0 bridgehead atoms. The highest BCUT2D eigenvalue weighted by molar-refractivity contribution is 7.47. The van der Waals surface area contributed by atoms with Crippen molar-refractivity contribution < 1.29 is 80.2 Å². The molecule has 0 aliphatic carbocycles. The van der Waals surface area contributed by atoms with Crippen LogP contribution in [0, 0.1) is 17.8 Å². The zero-order valence-electron chi connectivity index (χ0n) is 57.4. The lowest BCUT2D eigenvalue weighted by molar-refractivity contribution is -0.161. The van der Waals surface area contributed by atoms with Crippen molar-refractivity contribution >= 4 is 39.5 Å². The van der Waals surface area contributed by atoms with Crippen molar-refractivity contribution in [1.82, 2.24) is 0 Å². The Hall–Kier alpha value is -2.46. The van der Waals surface area contributed by atoms with Crippen molar-refractivity contribution in [1.29, 1.82) is 0 Å². The number of aliphatic hydroxyl groups is 1. The van der Waals surface area contributed by atoms with Gasteiger partial charge in [0.05, 0.1) is 26.4 Å². The van der Waals surface area contributed by atoms with Crippen LogP contribution in [0.25, 0.3) is 0 Å². The maximum absolute atomic E-state index is 13.0. The van der Waals surface area contributed by atoms with Gasteiger partial charge in [-0.1, -0.05) is 272 Å². The van der Waals surface area contributed by atoms with Gasteiger partial charge in [-0.15, -0.1) is 0 Å². The second-order valence-corrected chi connectivity index (χ2v) is 28.7. The number of esters is 4. The largest absolute Gasteiger partial charge is 0.472 e. The van der Waals surface area contributed by atoms with Crippen molar-refractivity contribution in [3.05, 3.63) is 24.3 Å². The third-order valence-corrected chi connectivity index (χ3v) is 17.8. The summed E-state index contributed by atoms with van der Waals surface area (Å²) in [4.78, 5) is 72.5. The van der Waals surface area contributed by atoms with Crippen LogP contribution in [0.4, 0.5) is 0 Å². The van der Waals surface area contributed by atoms with Crippen molar-refractivity contribution in [3.8, 4) is 0 Å². The van der Waals surface area contributed by atoms with Crippen LogP contribution in [0.15, 0.2) is 24.3 Å². The Bertz CT molecular complexity index is 1840. The van der Waals surface area contributed by atoms with Gasteiger partial charge in [-0.05, 0) is 69.1 Å². The van der Waals surface area contributed by atoms with Crippen LogP contribution < -0.4 is 0 Å². The number of phosphoric acid groups is 2. The summed E-state index contributed by atoms with van der Waals surface area (Å²) in [6, 6.07) is 0. The monoisotopic (exact) mass is 1310 g/mol. The fourth-order valence-electron chi connectivity index (χ4n) is 9.97. The molecule has 524 valence electrons. The summed E-state index contributed by atoms with van der Waals surface area (Å²) in [6.07, 6.45) is 46.7. The quantitative estimate of drug-likeness (QED) is 0.0169. The topological polar surface area (TPSA) is 237 Å². The van der Waals surface area contributed by atoms with Crippen LogP contribution in [0.3, 0.4) is 0 Å². The van der Waals surface area contributed by atoms with Crippen LogP contribution in [0.2, 0.25) is 0 Å². The van der Waals surface area contributed by atoms with Gasteiger partial charge in [-0.3, -0.25) is 37.3 Å². The van der Waals surface area contributed by atoms with E-state index in [-0.39, 0.29) is 25.7 Å². The van der Waals surface area contributed by atoms with Crippen molar-refractivity contribution in [2.75, 3.05) is 39.6 Å². The van der Waals surface area contributed by atoms with E-state index in [1.807, 2.05) is 0 Å². The number of ether oxygens (including phenoxy) is 4. The summed E-state index contributed by atoms with van der Waals surface area (Å²) >= 11 is 0. The Balaban J connectivity index is 5.29. The molecule has 0 fully saturated rings. The molecule has 0 saturated heterocycles. The molecule has 0 aromatic heterocycles. The molecule has 0 saturated carbocycles. The predicted octanol–water partition coefficient (Wildman–Crippen LogP) is 19.4. The van der Waals surface area contributed by atoms with Crippen molar-refractivity contribution in [2.24, 2.45) is 17.8 Å². The molecule has 0 aliphatic heterocycles. The number of aliphatic hydroxyl groups excluding tert-OH is 1. The summed E-state index contributed by atoms with van der Waals surface area (Å²) in [6.45, 7) is 11.7. The van der Waals surface area contributed by atoms with Crippen LogP contribution in [0.5, 0.6) is 0 Å². The third kappa shape index (κ3) is 62.7. The van der Waals surface area contributed by atoms with E-state index in [1.54, 1.807) is 0 Å². The van der Waals surface area contributed by atoms with E-state index >= 15 is 0 Å². The van der Waals surface area contributed by atoms with Crippen molar-refractivity contribution in [3.63, 3.8) is 0 Å². The number of phosphoric ester groups is 2. The van der Waals surface area contributed by atoms with Gasteiger partial charge in [-0.25, -0.2) is 9.13 Å². The standard InChI is InChI=1S/C70H132O17P2/c1-8-10-11-12-13-14-15-16-17-18-19-24-30-39-46-53-69(74)86-66(58-81-68(73)52-45-38-33-32-36-43-50-63(7)9-2)60-85-89(78,79)83-56-64(71)55-82-88(76,77)84-59-65(87-70(75)54-47-40-31-26-25-28-35-42-49-62(5)6)57-80-67(72)51-44-37-29-23-21-20-22-27-34-41-48-61(3)4/h14-17,61-66,71H,8-13,18-60H2,1-7H3,(H,76,77)(H,78,79)/b15-14-,17-16-/t63?,64-,65-,66-/m1/s1. The Morgan fingerprint density at radius 2 is 0.663 bits per heavy atom. The Morgan fingerprint density at radius 3 is 1.00 bits per heavy atom. The summed E-state index contributed by atoms with van der Waals surface area (Å²) in [5.41, 5.74) is 0. The molecule has 89 heavy (non-hydrogen) atoms. The molecule has 0 amide bonds. The second kappa shape index (κ2) is 60.5. The van der Waals surface area contributed by atoms with Gasteiger partial charge in [0.15, 0.2) is 12.2 Å². The zero-order valence-corrected chi connectivity index (χ0v) is 59.2. The second-order valence-electron chi connectivity index (χ2n) is 25.8. The first-order valence-corrected chi connectivity index (χ1v) is 38.7. The lowest BCUT2D eigenvalue weighted by Crippen LogP contribution is -2.30. The summed E-state index contributed by atoms with van der Waals surface area (Å²) in [7, 11) is -9.91. The molecule has 0 aliphatic rings. The number of hydrogen-bond donors (Lipinski definition) is 3. The fourth-order valence-corrected chi connectivity index (χ4v) is 11.5. The number of unbranched alkanes of at least 4 members (excludes halogenated alkanes) is 30. The zero-order chi connectivity index (χ0) is 65.9. The first kappa shape index (κ1) is 86.5. The lowest BCUT2D eigenvalue weighted by Gasteiger charge is -2.21. The van der Waals surface area contributed by atoms with E-state index in [1.165, 1.54) is 116 Å². The van der Waals surface area contributed by atoms with Gasteiger partial charge in [0.2, 0.25) is 0 Å². The normalized spacial score (nSPS) is 14.7. The summed E-state index contributed by atoms with van der Waals surface area (Å²) in [5, 5.41) is 10.6. The fraction of sp³-hybridized carbons (Fsp3) is 0.886. The van der Waals surface area contributed by atoms with Gasteiger partial charge in [-0.2, -0.15) is 0 Å². The van der Waals surface area contributed by atoms with Crippen LogP contribution >= 0.6 is 15.6 Å². The molecule has 3 N–H and O–H groups in total. The molecule has 17 nitrogen and oxygen atoms in total. The first-order chi connectivity index (χ1) is 42.8. The number of allylic oxidation sites excluding steroid dienone is 4. The maximum Gasteiger partial charge on any atom is 0.472 e. The smallest absolute Gasteiger partial charge is 0.462 e. The van der Waals surface area contributed by atoms with E-state index in [0.29, 0.717) is 31.6 Å². The highest BCUT2D eigenvalue weighted by atomic mass is 31.2. The van der Waals surface area contributed by atoms with Crippen LogP contribution in [0.1, 0.15) is 325 Å². The minimum absolute atomic E-state index is 0.0836. The van der Waals surface area contributed by atoms with Crippen LogP contribution in [-0.4, -0.2) is 96.7 Å². The molecule has 19 heteroatoms. The summed E-state index contributed by atoms with van der Waals surface area (Å²) in [5.74, 6) is 0.0410. The molecule has 0 aromatic carbocycles. The molecular weight excluding hydrogens is 1170 g/mol. The first-order valence-electron chi connectivity index (χ1n) is 35.7. The summed E-state index contributed by atoms with van der Waals surface area (Å²) < 4.78 is 68.2. The molecule has 0 radical (unpaired) electrons. The van der Waals surface area contributed by atoms with Gasteiger partial charge >= 0.3 is 39.5 Å². The van der Waals surface area contributed by atoms with E-state index in [0.717, 1.165) is 121 Å². The minimum atomic E-state index is -4.96. The number of rotatable bonds is 66. The van der Waals surface area contributed by atoms with Crippen molar-refractivity contribution in [2.45, 2.75) is 343 Å². The highest BCUT2D eigenvalue weighted by Crippen LogP contribution is 2.45. The third-order valence-electron chi connectivity index (χ3n) is 15.9. The molecular formula is C70H132O17P2. The van der Waals surface area contributed by atoms with Gasteiger partial charge in [0.25, 0.3) is 0 Å². The Morgan fingerprint density at radius 1 is 0.371 bits per heavy atom. The average molecular weight is 1310 g/mol. The Kier molecular flexibility index (Phi) is 58.8. The number of hydrogen-bond acceptors (Lipinski definition) is 15. The SMILES string of the molecule is CCCCCC/C=C\C=C/CCCCCCCC(=O)O[C@H](COC(=O)CCCCCCCCC(C)CC)COP(=O)(O)OC[C@H](O)COP(=O)(O)OC[C@@H](COC(=O)CCCCCCCCCCCCC(C)C)OC(=O)CCCCCCCCCCC(C)C. The van der Waals surface area contributed by atoms with E-state index in [4.69, 9.17) is 37.0 Å². The number of carbonyl (C=O) groups is 4. The molecule has 0 aromatic rings. The predicted molar refractivity (Wildman–Crippen MR) is 358 cm³/mol. The van der Waals surface area contributed by atoms with Gasteiger partial charge in [0.1, 0.15) is 19.3 Å². The molecule has 3 unspecified atom stereocenters. The van der Waals surface area contributed by atoms with E-state index < -0.39 is 97.5 Å². The minimum Gasteiger partial charge on any atom is -0.462 e. The van der Waals surface area contributed by atoms with Crippen LogP contribution in [-0.2, 0) is 65.4 Å². The molecule has 0 rings (SSSR count). The maximum atomic E-state index is 13.0. The van der Waals surface area contributed by atoms with Gasteiger partial charge < -0.3 is 33.8 Å². The highest BCUT2D eigenvalue weighted by Gasteiger charge is 2.30. The molecule has 6 atom stereocenters. The van der Waals surface area contributed by atoms with E-state index in [2.05, 4.69) is 72.8 Å². The molecule has 0 spiro atoms. The number of carbonyl (C=O) groups excluding carboxylic acids is 4. The van der Waals surface area contributed by atoms with Gasteiger partial charge in [0, 0.05) is 25.7 Å². The molecule has 0 heterocycles. The average Bonchev–Trinajstić information content (AvgIpc) is 3.52.